The summed E-state index contributed by atoms with van der Waals surface area (Å²) in [5, 5.41) is 3.77. The Morgan fingerprint density at radius 1 is 1.30 bits per heavy atom. The Morgan fingerprint density at radius 3 is 2.65 bits per heavy atom. The summed E-state index contributed by atoms with van der Waals surface area (Å²) >= 11 is 0. The molecule has 0 bridgehead atoms. The average molecular weight is 276 g/mol. The summed E-state index contributed by atoms with van der Waals surface area (Å²) in [5.41, 5.74) is 2.78. The third-order valence-corrected chi connectivity index (χ3v) is 4.70. The predicted molar refractivity (Wildman–Crippen MR) is 85.9 cm³/mol. The van der Waals surface area contributed by atoms with Crippen molar-refractivity contribution in [2.24, 2.45) is 0 Å². The molecule has 1 N–H and O–H groups in total. The predicted octanol–water partition coefficient (Wildman–Crippen LogP) is 3.36. The molecule has 2 rings (SSSR count). The molecule has 0 amide bonds. The molecule has 3 heteroatoms. The normalized spacial score (nSPS) is 18.7. The van der Waals surface area contributed by atoms with Crippen molar-refractivity contribution in [2.75, 3.05) is 31.6 Å². The lowest BCUT2D eigenvalue weighted by Crippen LogP contribution is -2.50. The molecule has 112 valence electrons. The Hall–Kier alpha value is -1.22. The van der Waals surface area contributed by atoms with E-state index in [4.69, 9.17) is 4.74 Å². The molecule has 0 spiro atoms. The van der Waals surface area contributed by atoms with E-state index in [1.54, 1.807) is 7.11 Å². The van der Waals surface area contributed by atoms with Crippen molar-refractivity contribution in [1.82, 2.24) is 5.32 Å². The number of aryl methyl sites for hydroxylation is 1. The second-order valence-corrected chi connectivity index (χ2v) is 5.84. The van der Waals surface area contributed by atoms with Gasteiger partial charge in [-0.1, -0.05) is 13.8 Å². The van der Waals surface area contributed by atoms with Crippen molar-refractivity contribution in [3.05, 3.63) is 23.8 Å². The highest BCUT2D eigenvalue weighted by Crippen LogP contribution is 2.28. The van der Waals surface area contributed by atoms with E-state index in [0.717, 1.165) is 25.4 Å². The number of benzene rings is 1. The first-order valence-electron chi connectivity index (χ1n) is 7.78. The van der Waals surface area contributed by atoms with Gasteiger partial charge in [-0.2, -0.15) is 0 Å². The molecule has 0 atom stereocenters. The zero-order valence-corrected chi connectivity index (χ0v) is 13.3. The van der Waals surface area contributed by atoms with Gasteiger partial charge < -0.3 is 15.0 Å². The third-order valence-electron chi connectivity index (χ3n) is 4.70. The molecule has 1 aliphatic rings. The second-order valence-electron chi connectivity index (χ2n) is 5.84. The summed E-state index contributed by atoms with van der Waals surface area (Å²) in [4.78, 5) is 2.53. The number of rotatable bonds is 4. The molecule has 20 heavy (non-hydrogen) atoms. The van der Waals surface area contributed by atoms with Crippen molar-refractivity contribution >= 4 is 5.69 Å². The van der Waals surface area contributed by atoms with Crippen molar-refractivity contribution in [3.8, 4) is 5.75 Å². The fourth-order valence-electron chi connectivity index (χ4n) is 3.13. The lowest BCUT2D eigenvalue weighted by Gasteiger charge is -2.36. The zero-order valence-electron chi connectivity index (χ0n) is 13.3. The molecule has 0 aliphatic carbocycles. The van der Waals surface area contributed by atoms with Gasteiger partial charge >= 0.3 is 0 Å². The quantitative estimate of drug-likeness (QED) is 0.912. The second kappa shape index (κ2) is 6.49. The maximum absolute atomic E-state index is 5.36. The van der Waals surface area contributed by atoms with Crippen LogP contribution < -0.4 is 15.0 Å². The van der Waals surface area contributed by atoms with Crippen LogP contribution in [0, 0.1) is 6.92 Å². The van der Waals surface area contributed by atoms with Crippen LogP contribution in [0.2, 0.25) is 0 Å². The fraction of sp³-hybridized carbons (Fsp3) is 0.647. The van der Waals surface area contributed by atoms with Gasteiger partial charge in [0.05, 0.1) is 7.11 Å². The van der Waals surface area contributed by atoms with Crippen molar-refractivity contribution in [2.45, 2.75) is 45.6 Å². The molecule has 1 aromatic rings. The molecule has 0 aromatic heterocycles. The van der Waals surface area contributed by atoms with Crippen molar-refractivity contribution < 1.29 is 4.74 Å². The highest BCUT2D eigenvalue weighted by molar-refractivity contribution is 5.53. The number of hydrogen-bond acceptors (Lipinski definition) is 3. The minimum atomic E-state index is 0.254. The highest BCUT2D eigenvalue weighted by Gasteiger charge is 2.30. The van der Waals surface area contributed by atoms with E-state index >= 15 is 0 Å². The Bertz CT molecular complexity index is 441. The molecule has 1 fully saturated rings. The summed E-state index contributed by atoms with van der Waals surface area (Å²) < 4.78 is 5.36. The number of ether oxygens (including phenoxy) is 1. The third kappa shape index (κ3) is 3.09. The van der Waals surface area contributed by atoms with E-state index < -0.39 is 0 Å². The van der Waals surface area contributed by atoms with Gasteiger partial charge in [-0.25, -0.2) is 0 Å². The minimum absolute atomic E-state index is 0.254. The molecule has 0 saturated carbocycles. The Kier molecular flexibility index (Phi) is 4.92. The van der Waals surface area contributed by atoms with Gasteiger partial charge in [0.25, 0.3) is 0 Å². The summed E-state index contributed by atoms with van der Waals surface area (Å²) in [6.07, 6.45) is 3.55. The van der Waals surface area contributed by atoms with Gasteiger partial charge in [0.15, 0.2) is 0 Å². The van der Waals surface area contributed by atoms with Crippen LogP contribution in [-0.2, 0) is 0 Å². The molecule has 1 heterocycles. The van der Waals surface area contributed by atoms with Gasteiger partial charge in [-0.05, 0) is 56.5 Å². The van der Waals surface area contributed by atoms with Crippen LogP contribution in [0.25, 0.3) is 0 Å². The van der Waals surface area contributed by atoms with E-state index in [1.807, 2.05) is 0 Å². The zero-order chi connectivity index (χ0) is 14.6. The molecule has 0 unspecified atom stereocenters. The van der Waals surface area contributed by atoms with Crippen LogP contribution in [0.3, 0.4) is 0 Å². The Morgan fingerprint density at radius 2 is 2.05 bits per heavy atom. The molecule has 3 nitrogen and oxygen atoms in total. The van der Waals surface area contributed by atoms with Crippen LogP contribution >= 0.6 is 0 Å². The number of nitrogens with zero attached hydrogens (tertiary/aromatic N) is 1. The number of nitrogens with one attached hydrogen (secondary N) is 1. The van der Waals surface area contributed by atoms with E-state index in [2.05, 4.69) is 49.2 Å². The van der Waals surface area contributed by atoms with Gasteiger partial charge in [-0.15, -0.1) is 0 Å². The van der Waals surface area contributed by atoms with Crippen LogP contribution in [0.4, 0.5) is 5.69 Å². The Balaban J connectivity index is 2.24. The highest BCUT2D eigenvalue weighted by atomic mass is 16.5. The first-order valence-corrected chi connectivity index (χ1v) is 7.78. The summed E-state index contributed by atoms with van der Waals surface area (Å²) in [5.74, 6) is 0.971. The summed E-state index contributed by atoms with van der Waals surface area (Å²) in [7, 11) is 1.73. The number of hydrogen-bond donors (Lipinski definition) is 1. The van der Waals surface area contributed by atoms with Gasteiger partial charge in [0, 0.05) is 24.3 Å². The maximum atomic E-state index is 5.36. The number of anilines is 1. The van der Waals surface area contributed by atoms with E-state index in [0.29, 0.717) is 0 Å². The Labute approximate surface area is 123 Å². The molecule has 0 radical (unpaired) electrons. The van der Waals surface area contributed by atoms with E-state index in [1.165, 1.54) is 30.5 Å². The molecular formula is C17H28N2O. The van der Waals surface area contributed by atoms with Gasteiger partial charge in [0.2, 0.25) is 0 Å². The van der Waals surface area contributed by atoms with Gasteiger partial charge in [-0.3, -0.25) is 0 Å². The largest absolute Gasteiger partial charge is 0.496 e. The monoisotopic (exact) mass is 276 g/mol. The average Bonchev–Trinajstić information content (AvgIpc) is 2.70. The summed E-state index contributed by atoms with van der Waals surface area (Å²) in [6.45, 7) is 10.0. The standard InChI is InChI=1S/C17H28N2O/c1-5-17(6-2)13-19(11-7-10-18-17)15-8-9-16(20-4)14(3)12-15/h8-9,12,18H,5-7,10-11,13H2,1-4H3. The van der Waals surface area contributed by atoms with Crippen molar-refractivity contribution in [1.29, 1.82) is 0 Å². The fourth-order valence-corrected chi connectivity index (χ4v) is 3.13. The molecule has 1 aromatic carbocycles. The lowest BCUT2D eigenvalue weighted by atomic mass is 9.92. The first-order chi connectivity index (χ1) is 9.64. The smallest absolute Gasteiger partial charge is 0.121 e. The van der Waals surface area contributed by atoms with Crippen LogP contribution in [0.5, 0.6) is 5.75 Å². The topological polar surface area (TPSA) is 24.5 Å². The van der Waals surface area contributed by atoms with Crippen LogP contribution in [-0.4, -0.2) is 32.3 Å². The number of methoxy groups -OCH3 is 1. The molecular weight excluding hydrogens is 248 g/mol. The van der Waals surface area contributed by atoms with Gasteiger partial charge in [0.1, 0.15) is 5.75 Å². The first kappa shape index (κ1) is 15.2. The summed E-state index contributed by atoms with van der Waals surface area (Å²) in [6, 6.07) is 6.52. The minimum Gasteiger partial charge on any atom is -0.496 e. The van der Waals surface area contributed by atoms with Crippen LogP contribution in [0.1, 0.15) is 38.7 Å². The molecule has 1 saturated heterocycles. The maximum Gasteiger partial charge on any atom is 0.121 e. The van der Waals surface area contributed by atoms with E-state index in [9.17, 15) is 0 Å². The SMILES string of the molecule is CCC1(CC)CN(c2ccc(OC)c(C)c2)CCCN1. The molecule has 1 aliphatic heterocycles. The van der Waals surface area contributed by atoms with Crippen LogP contribution in [0.15, 0.2) is 18.2 Å². The lowest BCUT2D eigenvalue weighted by molar-refractivity contribution is 0.321. The van der Waals surface area contributed by atoms with Crippen molar-refractivity contribution in [3.63, 3.8) is 0 Å². The van der Waals surface area contributed by atoms with E-state index in [-0.39, 0.29) is 5.54 Å².